The van der Waals surface area contributed by atoms with Gasteiger partial charge >= 0.3 is 12.0 Å². The number of H-pyrrole nitrogens is 1. The number of carboxylic acid groups (broad SMARTS) is 1. The van der Waals surface area contributed by atoms with Crippen molar-refractivity contribution in [1.29, 1.82) is 0 Å². The average molecular weight is 267 g/mol. The number of aromatic nitrogens is 3. The molecular weight excluding hydrogens is 250 g/mol. The van der Waals surface area contributed by atoms with Gasteiger partial charge in [-0.25, -0.2) is 9.78 Å². The van der Waals surface area contributed by atoms with Gasteiger partial charge in [0.15, 0.2) is 0 Å². The number of carbonyl (C=O) groups is 2. The molecule has 0 aliphatic carbocycles. The van der Waals surface area contributed by atoms with Gasteiger partial charge in [0.25, 0.3) is 0 Å². The Morgan fingerprint density at radius 3 is 2.89 bits per heavy atom. The second-order valence-electron chi connectivity index (χ2n) is 4.71. The predicted octanol–water partition coefficient (Wildman–Crippen LogP) is 0.370. The van der Waals surface area contributed by atoms with Crippen LogP contribution in [-0.4, -0.2) is 49.8 Å². The lowest BCUT2D eigenvalue weighted by Crippen LogP contribution is -2.44. The van der Waals surface area contributed by atoms with E-state index in [0.29, 0.717) is 18.8 Å². The summed E-state index contributed by atoms with van der Waals surface area (Å²) in [6.45, 7) is 3.99. The number of hydrogen-bond donors (Lipinski definition) is 3. The van der Waals surface area contributed by atoms with E-state index in [2.05, 4.69) is 20.5 Å². The number of urea groups is 1. The minimum atomic E-state index is -0.855. The maximum Gasteiger partial charge on any atom is 0.318 e. The zero-order valence-corrected chi connectivity index (χ0v) is 10.8. The van der Waals surface area contributed by atoms with Crippen molar-refractivity contribution in [3.8, 4) is 0 Å². The van der Waals surface area contributed by atoms with Gasteiger partial charge < -0.3 is 15.3 Å². The van der Waals surface area contributed by atoms with Crippen LogP contribution in [0.15, 0.2) is 6.33 Å². The Morgan fingerprint density at radius 1 is 1.63 bits per heavy atom. The third kappa shape index (κ3) is 2.67. The van der Waals surface area contributed by atoms with E-state index < -0.39 is 11.9 Å². The van der Waals surface area contributed by atoms with E-state index in [1.54, 1.807) is 18.7 Å². The van der Waals surface area contributed by atoms with Crippen LogP contribution in [0.2, 0.25) is 0 Å². The van der Waals surface area contributed by atoms with Crippen LogP contribution in [0.25, 0.3) is 0 Å². The third-order valence-corrected chi connectivity index (χ3v) is 3.52. The lowest BCUT2D eigenvalue weighted by Gasteiger charge is -2.25. The molecule has 1 aliphatic rings. The summed E-state index contributed by atoms with van der Waals surface area (Å²) in [6, 6.07) is -0.884. The zero-order chi connectivity index (χ0) is 14.0. The van der Waals surface area contributed by atoms with Gasteiger partial charge in [-0.3, -0.25) is 9.89 Å². The van der Waals surface area contributed by atoms with Crippen LogP contribution in [0.3, 0.4) is 0 Å². The summed E-state index contributed by atoms with van der Waals surface area (Å²) in [4.78, 5) is 28.6. The summed E-state index contributed by atoms with van der Waals surface area (Å²) in [5.41, 5.74) is 0. The van der Waals surface area contributed by atoms with E-state index in [-0.39, 0.29) is 18.1 Å². The molecule has 0 bridgehead atoms. The molecule has 8 heteroatoms. The standard InChI is InChI=1S/C11H17N5O3/c1-6(9-12-5-13-15-9)14-11(19)16-4-3-8(7(16)2)10(17)18/h5-8H,3-4H2,1-2H3,(H,14,19)(H,17,18)(H,12,13,15). The van der Waals surface area contributed by atoms with Crippen LogP contribution in [0.5, 0.6) is 0 Å². The molecule has 0 spiro atoms. The summed E-state index contributed by atoms with van der Waals surface area (Å²) >= 11 is 0. The number of nitrogens with zero attached hydrogens (tertiary/aromatic N) is 3. The van der Waals surface area contributed by atoms with Gasteiger partial charge in [-0.15, -0.1) is 0 Å². The number of nitrogens with one attached hydrogen (secondary N) is 2. The Labute approximate surface area is 110 Å². The number of hydrogen-bond acceptors (Lipinski definition) is 4. The van der Waals surface area contributed by atoms with Gasteiger partial charge in [0.05, 0.1) is 12.0 Å². The lowest BCUT2D eigenvalue weighted by atomic mass is 10.0. The molecular formula is C11H17N5O3. The average Bonchev–Trinajstić information content (AvgIpc) is 2.96. The van der Waals surface area contributed by atoms with E-state index in [4.69, 9.17) is 5.11 Å². The van der Waals surface area contributed by atoms with Gasteiger partial charge in [0, 0.05) is 12.6 Å². The molecule has 0 radical (unpaired) electrons. The van der Waals surface area contributed by atoms with E-state index in [9.17, 15) is 9.59 Å². The molecule has 1 saturated heterocycles. The minimum Gasteiger partial charge on any atom is -0.481 e. The molecule has 104 valence electrons. The predicted molar refractivity (Wildman–Crippen MR) is 65.2 cm³/mol. The minimum absolute atomic E-state index is 0.278. The first kappa shape index (κ1) is 13.3. The lowest BCUT2D eigenvalue weighted by molar-refractivity contribution is -0.142. The molecule has 3 unspecified atom stereocenters. The first-order valence-electron chi connectivity index (χ1n) is 6.16. The number of carboxylic acids is 1. The Hall–Kier alpha value is -2.12. The molecule has 1 aromatic heterocycles. The first-order valence-corrected chi connectivity index (χ1v) is 6.16. The Kier molecular flexibility index (Phi) is 3.68. The van der Waals surface area contributed by atoms with Crippen molar-refractivity contribution in [1.82, 2.24) is 25.4 Å². The molecule has 2 heterocycles. The SMILES string of the molecule is CC(NC(=O)N1CCC(C(=O)O)C1C)c1ncn[nH]1. The summed E-state index contributed by atoms with van der Waals surface area (Å²) in [7, 11) is 0. The fourth-order valence-corrected chi connectivity index (χ4v) is 2.32. The van der Waals surface area contributed by atoms with Crippen molar-refractivity contribution < 1.29 is 14.7 Å². The first-order chi connectivity index (χ1) is 9.00. The number of likely N-dealkylation sites (tertiary alicyclic amines) is 1. The second kappa shape index (κ2) is 5.25. The van der Waals surface area contributed by atoms with E-state index in [0.717, 1.165) is 0 Å². The molecule has 0 aromatic carbocycles. The quantitative estimate of drug-likeness (QED) is 0.732. The van der Waals surface area contributed by atoms with E-state index in [1.807, 2.05) is 0 Å². The molecule has 0 saturated carbocycles. The smallest absolute Gasteiger partial charge is 0.318 e. The van der Waals surface area contributed by atoms with Crippen LogP contribution in [0, 0.1) is 5.92 Å². The van der Waals surface area contributed by atoms with Crippen molar-refractivity contribution in [3.63, 3.8) is 0 Å². The van der Waals surface area contributed by atoms with Crippen molar-refractivity contribution in [3.05, 3.63) is 12.2 Å². The normalized spacial score (nSPS) is 24.2. The fraction of sp³-hybridized carbons (Fsp3) is 0.636. The van der Waals surface area contributed by atoms with Gasteiger partial charge in [-0.2, -0.15) is 5.10 Å². The molecule has 1 aromatic rings. The molecule has 19 heavy (non-hydrogen) atoms. The highest BCUT2D eigenvalue weighted by atomic mass is 16.4. The van der Waals surface area contributed by atoms with Crippen molar-refractivity contribution in [2.75, 3.05) is 6.54 Å². The molecule has 2 amide bonds. The summed E-state index contributed by atoms with van der Waals surface area (Å²) in [5.74, 6) is -0.785. The maximum absolute atomic E-state index is 12.1. The maximum atomic E-state index is 12.1. The number of aromatic amines is 1. The van der Waals surface area contributed by atoms with Crippen molar-refractivity contribution >= 4 is 12.0 Å². The highest BCUT2D eigenvalue weighted by Gasteiger charge is 2.38. The van der Waals surface area contributed by atoms with E-state index in [1.165, 1.54) is 6.33 Å². The fourth-order valence-electron chi connectivity index (χ4n) is 2.32. The van der Waals surface area contributed by atoms with Crippen molar-refractivity contribution in [2.24, 2.45) is 5.92 Å². The van der Waals surface area contributed by atoms with Gasteiger partial charge in [-0.05, 0) is 20.3 Å². The number of aliphatic carboxylic acids is 1. The molecule has 2 rings (SSSR count). The highest BCUT2D eigenvalue weighted by molar-refractivity contribution is 5.78. The van der Waals surface area contributed by atoms with Gasteiger partial charge in [0.1, 0.15) is 12.2 Å². The molecule has 8 nitrogen and oxygen atoms in total. The summed E-state index contributed by atoms with van der Waals surface area (Å²) in [6.07, 6.45) is 1.86. The van der Waals surface area contributed by atoms with Gasteiger partial charge in [-0.1, -0.05) is 0 Å². The van der Waals surface area contributed by atoms with Gasteiger partial charge in [0.2, 0.25) is 0 Å². The largest absolute Gasteiger partial charge is 0.481 e. The summed E-state index contributed by atoms with van der Waals surface area (Å²) < 4.78 is 0. The highest BCUT2D eigenvalue weighted by Crippen LogP contribution is 2.24. The molecule has 1 fully saturated rings. The van der Waals surface area contributed by atoms with Crippen LogP contribution in [0.4, 0.5) is 4.79 Å². The third-order valence-electron chi connectivity index (χ3n) is 3.52. The number of amides is 2. The Bertz CT molecular complexity index is 461. The second-order valence-corrected chi connectivity index (χ2v) is 4.71. The zero-order valence-electron chi connectivity index (χ0n) is 10.8. The Balaban J connectivity index is 1.96. The number of rotatable bonds is 3. The molecule has 3 atom stereocenters. The van der Waals surface area contributed by atoms with Crippen LogP contribution in [-0.2, 0) is 4.79 Å². The van der Waals surface area contributed by atoms with Crippen LogP contribution >= 0.6 is 0 Å². The van der Waals surface area contributed by atoms with E-state index >= 15 is 0 Å². The molecule has 1 aliphatic heterocycles. The topological polar surface area (TPSA) is 111 Å². The number of carbonyl (C=O) groups excluding carboxylic acids is 1. The summed E-state index contributed by atoms with van der Waals surface area (Å²) in [5, 5.41) is 18.2. The molecule has 3 N–H and O–H groups in total. The van der Waals surface area contributed by atoms with Crippen molar-refractivity contribution in [2.45, 2.75) is 32.4 Å². The Morgan fingerprint density at radius 2 is 2.37 bits per heavy atom. The monoisotopic (exact) mass is 267 g/mol. The van der Waals surface area contributed by atoms with Crippen LogP contribution < -0.4 is 5.32 Å². The van der Waals surface area contributed by atoms with Crippen LogP contribution in [0.1, 0.15) is 32.1 Å².